The van der Waals surface area contributed by atoms with Crippen molar-refractivity contribution in [3.63, 3.8) is 0 Å². The minimum atomic E-state index is -4.35. The van der Waals surface area contributed by atoms with Gasteiger partial charge < -0.3 is 5.32 Å². The number of anilines is 1. The molecule has 0 radical (unpaired) electrons. The molecule has 0 amide bonds. The lowest BCUT2D eigenvalue weighted by Crippen LogP contribution is -2.06. The Balaban J connectivity index is 2.01. The summed E-state index contributed by atoms with van der Waals surface area (Å²) in [5, 5.41) is 2.79. The van der Waals surface area contributed by atoms with Gasteiger partial charge in [-0.2, -0.15) is 17.6 Å². The number of halogens is 4. The molecule has 1 aromatic carbocycles. The van der Waals surface area contributed by atoms with Crippen LogP contribution in [0.2, 0.25) is 0 Å². The molecule has 0 bridgehead atoms. The molecular weight excluding hydrogens is 262 g/mol. The molecule has 7 heteroatoms. The zero-order chi connectivity index (χ0) is 13.9. The molecule has 0 fully saturated rings. The summed E-state index contributed by atoms with van der Waals surface area (Å²) in [5.74, 6) is -0.405. The van der Waals surface area contributed by atoms with Gasteiger partial charge in [0.15, 0.2) is 0 Å². The maximum absolute atomic E-state index is 12.8. The largest absolute Gasteiger partial charge is 0.416 e. The topological polar surface area (TPSA) is 37.8 Å². The number of nitrogens with one attached hydrogen (secondary N) is 1. The maximum atomic E-state index is 12.8. The fourth-order valence-corrected chi connectivity index (χ4v) is 1.43. The molecule has 0 saturated carbocycles. The first kappa shape index (κ1) is 13.3. The number of hydrogen-bond acceptors (Lipinski definition) is 3. The van der Waals surface area contributed by atoms with Crippen molar-refractivity contribution >= 4 is 5.82 Å². The minimum Gasteiger partial charge on any atom is -0.366 e. The molecule has 3 nitrogen and oxygen atoms in total. The van der Waals surface area contributed by atoms with Gasteiger partial charge in [-0.25, -0.2) is 9.97 Å². The van der Waals surface area contributed by atoms with Crippen molar-refractivity contribution < 1.29 is 17.6 Å². The first-order chi connectivity index (χ1) is 8.95. The quantitative estimate of drug-likeness (QED) is 0.688. The molecule has 0 spiro atoms. The first-order valence-corrected chi connectivity index (χ1v) is 5.33. The molecule has 0 aliphatic rings. The molecule has 100 valence electrons. The normalized spacial score (nSPS) is 11.4. The van der Waals surface area contributed by atoms with E-state index in [1.807, 2.05) is 0 Å². The minimum absolute atomic E-state index is 0.245. The smallest absolute Gasteiger partial charge is 0.366 e. The molecule has 0 atom stereocenters. The van der Waals surface area contributed by atoms with Crippen LogP contribution in [0.4, 0.5) is 23.4 Å². The highest BCUT2D eigenvalue weighted by Crippen LogP contribution is 2.29. The van der Waals surface area contributed by atoms with E-state index in [1.165, 1.54) is 12.1 Å². The van der Waals surface area contributed by atoms with Crippen LogP contribution in [-0.4, -0.2) is 9.97 Å². The van der Waals surface area contributed by atoms with Crippen molar-refractivity contribution in [2.24, 2.45) is 0 Å². The summed E-state index contributed by atoms with van der Waals surface area (Å²) in [7, 11) is 0. The summed E-state index contributed by atoms with van der Waals surface area (Å²) in [4.78, 5) is 7.06. The van der Waals surface area contributed by atoms with Gasteiger partial charge >= 0.3 is 6.18 Å². The van der Waals surface area contributed by atoms with E-state index in [1.54, 1.807) is 0 Å². The zero-order valence-corrected chi connectivity index (χ0v) is 9.58. The summed E-state index contributed by atoms with van der Waals surface area (Å²) in [5.41, 5.74) is -0.0728. The van der Waals surface area contributed by atoms with Gasteiger partial charge in [0.2, 0.25) is 5.95 Å². The average Bonchev–Trinajstić information content (AvgIpc) is 2.36. The van der Waals surface area contributed by atoms with Crippen LogP contribution in [-0.2, 0) is 12.7 Å². The summed E-state index contributed by atoms with van der Waals surface area (Å²) < 4.78 is 49.8. The van der Waals surface area contributed by atoms with Gasteiger partial charge in [-0.05, 0) is 17.7 Å². The van der Waals surface area contributed by atoms with E-state index in [2.05, 4.69) is 15.3 Å². The second kappa shape index (κ2) is 5.21. The van der Waals surface area contributed by atoms with Gasteiger partial charge in [-0.3, -0.25) is 0 Å². The van der Waals surface area contributed by atoms with Crippen LogP contribution in [0.1, 0.15) is 11.1 Å². The predicted molar refractivity (Wildman–Crippen MR) is 60.8 cm³/mol. The van der Waals surface area contributed by atoms with Crippen LogP contribution in [0, 0.1) is 5.95 Å². The van der Waals surface area contributed by atoms with E-state index >= 15 is 0 Å². The molecular formula is C12H9F4N3. The summed E-state index contributed by atoms with van der Waals surface area (Å²) in [6, 6.07) is 5.81. The lowest BCUT2D eigenvalue weighted by molar-refractivity contribution is -0.137. The number of benzene rings is 1. The third-order valence-electron chi connectivity index (χ3n) is 2.39. The predicted octanol–water partition coefficient (Wildman–Crippen LogP) is 3.25. The molecule has 2 aromatic rings. The second-order valence-electron chi connectivity index (χ2n) is 3.77. The van der Waals surface area contributed by atoms with Gasteiger partial charge in [0.1, 0.15) is 12.1 Å². The first-order valence-electron chi connectivity index (χ1n) is 5.33. The van der Waals surface area contributed by atoms with Crippen molar-refractivity contribution in [3.05, 3.63) is 53.7 Å². The van der Waals surface area contributed by atoms with Gasteiger partial charge in [0.05, 0.1) is 5.56 Å². The lowest BCUT2D eigenvalue weighted by atomic mass is 10.1. The number of rotatable bonds is 3. The highest BCUT2D eigenvalue weighted by molar-refractivity contribution is 5.34. The number of aromatic nitrogens is 2. The molecule has 1 aromatic heterocycles. The Hall–Kier alpha value is -2.18. The average molecular weight is 271 g/mol. The third kappa shape index (κ3) is 3.64. The lowest BCUT2D eigenvalue weighted by Gasteiger charge is -2.08. The number of nitrogens with zero attached hydrogens (tertiary/aromatic N) is 2. The fourth-order valence-electron chi connectivity index (χ4n) is 1.43. The van der Waals surface area contributed by atoms with E-state index in [9.17, 15) is 17.6 Å². The molecule has 1 heterocycles. The SMILES string of the molecule is Fc1cc(NCc2ccc(C(F)(F)F)cc2)ncn1. The third-order valence-corrected chi connectivity index (χ3v) is 2.39. The molecule has 19 heavy (non-hydrogen) atoms. The van der Waals surface area contributed by atoms with E-state index in [-0.39, 0.29) is 12.4 Å². The van der Waals surface area contributed by atoms with Gasteiger partial charge in [0.25, 0.3) is 0 Å². The molecule has 2 rings (SSSR count). The summed E-state index contributed by atoms with van der Waals surface area (Å²) in [6.07, 6.45) is -3.29. The van der Waals surface area contributed by atoms with E-state index in [4.69, 9.17) is 0 Å². The number of hydrogen-bond donors (Lipinski definition) is 1. The van der Waals surface area contributed by atoms with Gasteiger partial charge in [-0.1, -0.05) is 12.1 Å². The molecule has 0 saturated heterocycles. The van der Waals surface area contributed by atoms with Crippen molar-refractivity contribution in [1.29, 1.82) is 0 Å². The molecule has 1 N–H and O–H groups in total. The highest BCUT2D eigenvalue weighted by Gasteiger charge is 2.29. The Bertz CT molecular complexity index is 552. The Labute approximate surface area is 106 Å². The van der Waals surface area contributed by atoms with E-state index in [0.29, 0.717) is 5.56 Å². The Kier molecular flexibility index (Phi) is 3.64. The van der Waals surface area contributed by atoms with E-state index in [0.717, 1.165) is 24.5 Å². The zero-order valence-electron chi connectivity index (χ0n) is 9.58. The van der Waals surface area contributed by atoms with Gasteiger partial charge in [-0.15, -0.1) is 0 Å². The van der Waals surface area contributed by atoms with Crippen LogP contribution >= 0.6 is 0 Å². The van der Waals surface area contributed by atoms with Crippen molar-refractivity contribution in [2.75, 3.05) is 5.32 Å². The molecule has 0 aliphatic heterocycles. The molecule has 0 unspecified atom stereocenters. The van der Waals surface area contributed by atoms with Gasteiger partial charge in [0, 0.05) is 12.6 Å². The van der Waals surface area contributed by atoms with E-state index < -0.39 is 17.7 Å². The Morgan fingerprint density at radius 2 is 1.74 bits per heavy atom. The summed E-state index contributed by atoms with van der Waals surface area (Å²) >= 11 is 0. The Morgan fingerprint density at radius 1 is 1.05 bits per heavy atom. The monoisotopic (exact) mass is 271 g/mol. The number of alkyl halides is 3. The van der Waals surface area contributed by atoms with Crippen molar-refractivity contribution in [1.82, 2.24) is 9.97 Å². The summed E-state index contributed by atoms with van der Waals surface area (Å²) in [6.45, 7) is 0.245. The van der Waals surface area contributed by atoms with Crippen LogP contribution < -0.4 is 5.32 Å². The standard InChI is InChI=1S/C12H9F4N3/c13-10-5-11(19-7-18-10)17-6-8-1-3-9(4-2-8)12(14,15)16/h1-5,7H,6H2,(H,17,18,19). The second-order valence-corrected chi connectivity index (χ2v) is 3.77. The van der Waals surface area contributed by atoms with Crippen LogP contribution in [0.25, 0.3) is 0 Å². The fraction of sp³-hybridized carbons (Fsp3) is 0.167. The van der Waals surface area contributed by atoms with Crippen molar-refractivity contribution in [2.45, 2.75) is 12.7 Å². The highest BCUT2D eigenvalue weighted by atomic mass is 19.4. The molecule has 0 aliphatic carbocycles. The maximum Gasteiger partial charge on any atom is 0.416 e. The van der Waals surface area contributed by atoms with Crippen LogP contribution in [0.5, 0.6) is 0 Å². The van der Waals surface area contributed by atoms with Crippen molar-refractivity contribution in [3.8, 4) is 0 Å². The van der Waals surface area contributed by atoms with Crippen LogP contribution in [0.3, 0.4) is 0 Å². The van der Waals surface area contributed by atoms with Crippen LogP contribution in [0.15, 0.2) is 36.7 Å². The Morgan fingerprint density at radius 3 is 2.32 bits per heavy atom.